The van der Waals surface area contributed by atoms with E-state index in [1.54, 1.807) is 12.4 Å². The maximum absolute atomic E-state index is 8.93. The zero-order valence-corrected chi connectivity index (χ0v) is 15.8. The van der Waals surface area contributed by atoms with Crippen molar-refractivity contribution in [3.05, 3.63) is 24.2 Å². The molecule has 5 rings (SSSR count). The van der Waals surface area contributed by atoms with Gasteiger partial charge < -0.3 is 5.32 Å². The number of H-pyrrole nitrogens is 1. The number of aromatic amines is 1. The average Bonchev–Trinajstić information content (AvgIpc) is 3.36. The van der Waals surface area contributed by atoms with Gasteiger partial charge in [0, 0.05) is 36.8 Å². The Morgan fingerprint density at radius 2 is 2.04 bits per heavy atom. The number of aryl methyl sites for hydroxylation is 1. The molecule has 2 saturated heterocycles. The minimum atomic E-state index is 0.325. The highest BCUT2D eigenvalue weighted by atomic mass is 15.3. The molecule has 0 aliphatic carbocycles. The van der Waals surface area contributed by atoms with Crippen LogP contribution < -0.4 is 5.32 Å². The van der Waals surface area contributed by atoms with Crippen LogP contribution in [-0.4, -0.2) is 53.5 Å². The summed E-state index contributed by atoms with van der Waals surface area (Å²) in [4.78, 5) is 11.8. The Labute approximate surface area is 162 Å². The molecule has 3 aromatic heterocycles. The molecule has 2 aliphatic rings. The van der Waals surface area contributed by atoms with Crippen LogP contribution in [0.5, 0.6) is 0 Å². The number of aromatic nitrogens is 6. The molecule has 0 saturated carbocycles. The lowest BCUT2D eigenvalue weighted by molar-refractivity contribution is 0.106. The average molecular weight is 377 g/mol. The molecule has 2 fully saturated rings. The van der Waals surface area contributed by atoms with Gasteiger partial charge in [0.1, 0.15) is 5.52 Å². The summed E-state index contributed by atoms with van der Waals surface area (Å²) in [6.45, 7) is 2.84. The molecule has 0 radical (unpaired) electrons. The quantitative estimate of drug-likeness (QED) is 0.703. The van der Waals surface area contributed by atoms with E-state index >= 15 is 0 Å². The largest absolute Gasteiger partial charge is 0.322 e. The van der Waals surface area contributed by atoms with E-state index in [4.69, 9.17) is 10.2 Å². The minimum absolute atomic E-state index is 0.325. The van der Waals surface area contributed by atoms with Crippen molar-refractivity contribution in [3.8, 4) is 6.07 Å². The summed E-state index contributed by atoms with van der Waals surface area (Å²) in [5.41, 5.74) is 2.61. The van der Waals surface area contributed by atoms with Gasteiger partial charge in [-0.05, 0) is 32.6 Å². The van der Waals surface area contributed by atoms with E-state index in [1.807, 2.05) is 13.0 Å². The number of hydrogen-bond acceptors (Lipinski definition) is 7. The fourth-order valence-electron chi connectivity index (χ4n) is 4.75. The molecule has 0 amide bonds. The van der Waals surface area contributed by atoms with Crippen molar-refractivity contribution in [1.29, 1.82) is 5.26 Å². The first-order valence-electron chi connectivity index (χ1n) is 9.83. The number of anilines is 2. The summed E-state index contributed by atoms with van der Waals surface area (Å²) < 4.78 is 2.05. The Bertz CT molecular complexity index is 1020. The third-order valence-electron chi connectivity index (χ3n) is 5.95. The van der Waals surface area contributed by atoms with Gasteiger partial charge in [0.25, 0.3) is 0 Å². The fourth-order valence-corrected chi connectivity index (χ4v) is 4.75. The van der Waals surface area contributed by atoms with Gasteiger partial charge in [-0.3, -0.25) is 10.00 Å². The summed E-state index contributed by atoms with van der Waals surface area (Å²) in [5, 5.41) is 23.9. The van der Waals surface area contributed by atoms with Crippen molar-refractivity contribution in [3.63, 3.8) is 0 Å². The Hall–Kier alpha value is -2.99. The van der Waals surface area contributed by atoms with Gasteiger partial charge in [-0.1, -0.05) is 0 Å². The third kappa shape index (κ3) is 2.99. The lowest BCUT2D eigenvalue weighted by Crippen LogP contribution is -2.43. The lowest BCUT2D eigenvalue weighted by Gasteiger charge is -2.38. The van der Waals surface area contributed by atoms with Gasteiger partial charge in [-0.15, -0.1) is 0 Å². The predicted octanol–water partition coefficient (Wildman–Crippen LogP) is 2.68. The van der Waals surface area contributed by atoms with Gasteiger partial charge in [0.05, 0.1) is 24.5 Å². The van der Waals surface area contributed by atoms with Crippen molar-refractivity contribution in [2.75, 3.05) is 11.9 Å². The van der Waals surface area contributed by atoms with Crippen molar-refractivity contribution >= 4 is 22.8 Å². The monoisotopic (exact) mass is 377 g/mol. The molecular weight excluding hydrogens is 354 g/mol. The third-order valence-corrected chi connectivity index (χ3v) is 5.95. The van der Waals surface area contributed by atoms with Gasteiger partial charge in [-0.2, -0.15) is 15.5 Å². The highest BCUT2D eigenvalue weighted by Gasteiger charge is 2.41. The first-order valence-corrected chi connectivity index (χ1v) is 9.83. The molecule has 0 unspecified atom stereocenters. The van der Waals surface area contributed by atoms with Crippen LogP contribution in [0.4, 0.5) is 11.6 Å². The van der Waals surface area contributed by atoms with E-state index in [0.29, 0.717) is 30.4 Å². The summed E-state index contributed by atoms with van der Waals surface area (Å²) in [5.74, 6) is 1.39. The van der Waals surface area contributed by atoms with E-state index < -0.39 is 0 Å². The van der Waals surface area contributed by atoms with E-state index in [-0.39, 0.29) is 0 Å². The fraction of sp³-hybridized carbons (Fsp3) is 0.526. The van der Waals surface area contributed by atoms with Crippen LogP contribution in [-0.2, 0) is 0 Å². The molecule has 144 valence electrons. The summed E-state index contributed by atoms with van der Waals surface area (Å²) >= 11 is 0. The van der Waals surface area contributed by atoms with Crippen molar-refractivity contribution < 1.29 is 0 Å². The smallest absolute Gasteiger partial charge is 0.179 e. The molecule has 5 heterocycles. The predicted molar refractivity (Wildman–Crippen MR) is 104 cm³/mol. The van der Waals surface area contributed by atoms with Gasteiger partial charge >= 0.3 is 0 Å². The van der Waals surface area contributed by atoms with Crippen molar-refractivity contribution in [2.45, 2.75) is 57.2 Å². The topological polar surface area (TPSA) is 111 Å². The van der Waals surface area contributed by atoms with Crippen LogP contribution in [0.3, 0.4) is 0 Å². The van der Waals surface area contributed by atoms with Crippen molar-refractivity contribution in [2.24, 2.45) is 0 Å². The summed E-state index contributed by atoms with van der Waals surface area (Å²) in [7, 11) is 0. The molecule has 2 aliphatic heterocycles. The normalized spacial score (nSPS) is 24.5. The van der Waals surface area contributed by atoms with Crippen LogP contribution in [0.25, 0.3) is 11.2 Å². The Morgan fingerprint density at radius 1 is 1.21 bits per heavy atom. The van der Waals surface area contributed by atoms with E-state index in [9.17, 15) is 0 Å². The highest BCUT2D eigenvalue weighted by molar-refractivity contribution is 5.72. The van der Waals surface area contributed by atoms with Gasteiger partial charge in [-0.25, -0.2) is 14.6 Å². The lowest BCUT2D eigenvalue weighted by atomic mass is 9.97. The zero-order valence-electron chi connectivity index (χ0n) is 15.8. The second kappa shape index (κ2) is 6.87. The summed E-state index contributed by atoms with van der Waals surface area (Å²) in [6.07, 6.45) is 8.65. The van der Waals surface area contributed by atoms with Gasteiger partial charge in [0.2, 0.25) is 0 Å². The first kappa shape index (κ1) is 17.1. The summed E-state index contributed by atoms with van der Waals surface area (Å²) in [6, 6.07) is 5.61. The molecule has 3 atom stereocenters. The first-order chi connectivity index (χ1) is 13.7. The number of rotatable bonds is 5. The molecule has 9 heteroatoms. The van der Waals surface area contributed by atoms with Crippen LogP contribution >= 0.6 is 0 Å². The molecule has 2 N–H and O–H groups in total. The van der Waals surface area contributed by atoms with Crippen LogP contribution in [0.2, 0.25) is 0 Å². The highest BCUT2D eigenvalue weighted by Crippen LogP contribution is 2.41. The zero-order chi connectivity index (χ0) is 19.1. The van der Waals surface area contributed by atoms with Crippen LogP contribution in [0.15, 0.2) is 18.5 Å². The molecule has 2 bridgehead atoms. The molecule has 0 spiro atoms. The minimum Gasteiger partial charge on any atom is -0.322 e. The number of fused-ring (bicyclic) bond motifs is 3. The van der Waals surface area contributed by atoms with Crippen LogP contribution in [0.1, 0.15) is 43.8 Å². The second-order valence-electron chi connectivity index (χ2n) is 7.77. The standard InChI is InChI=1S/C19H23N9/c1-12-7-17(26-25-12)23-18-11-21-16-10-22-28(19(16)24-18)15-8-13-3-4-14(9-15)27(13)6-2-5-20/h7,10-11,13-15H,2-4,6,8-9H2,1H3,(H2,23,24,25,26)/t13-,14+,15-. The van der Waals surface area contributed by atoms with E-state index in [1.165, 1.54) is 12.8 Å². The number of nitrogens with one attached hydrogen (secondary N) is 2. The molecule has 28 heavy (non-hydrogen) atoms. The molecule has 0 aromatic carbocycles. The Balaban J connectivity index is 1.39. The Morgan fingerprint density at radius 3 is 2.75 bits per heavy atom. The molecule has 3 aromatic rings. The number of hydrogen-bond donors (Lipinski definition) is 2. The van der Waals surface area contributed by atoms with Gasteiger partial charge in [0.15, 0.2) is 17.3 Å². The second-order valence-corrected chi connectivity index (χ2v) is 7.77. The number of nitriles is 1. The van der Waals surface area contributed by atoms with E-state index in [0.717, 1.165) is 42.1 Å². The maximum atomic E-state index is 8.93. The van der Waals surface area contributed by atoms with Crippen LogP contribution in [0, 0.1) is 18.3 Å². The number of piperidine rings is 1. The van der Waals surface area contributed by atoms with E-state index in [2.05, 4.69) is 41.2 Å². The molecule has 9 nitrogen and oxygen atoms in total. The Kier molecular flexibility index (Phi) is 4.20. The SMILES string of the molecule is Cc1cc(Nc2cnc3cnn([C@@H]4C[C@H]5CC[C@@H](C4)N5CCC#N)c3n2)n[nH]1. The van der Waals surface area contributed by atoms with Crippen molar-refractivity contribution in [1.82, 2.24) is 34.8 Å². The maximum Gasteiger partial charge on any atom is 0.179 e. The number of nitrogens with zero attached hydrogens (tertiary/aromatic N) is 7. The molecular formula is C19H23N9.